The van der Waals surface area contributed by atoms with Crippen molar-refractivity contribution in [1.29, 1.82) is 0 Å². The lowest BCUT2D eigenvalue weighted by Gasteiger charge is -2.24. The number of methoxy groups -OCH3 is 1. The zero-order valence-electron chi connectivity index (χ0n) is 15.9. The average Bonchev–Trinajstić information content (AvgIpc) is 3.28. The molecule has 2 unspecified atom stereocenters. The number of aliphatic imine (C=N–C) groups is 1. The van der Waals surface area contributed by atoms with Crippen molar-refractivity contribution in [1.82, 2.24) is 10.2 Å². The van der Waals surface area contributed by atoms with Gasteiger partial charge in [-0.2, -0.15) is 0 Å². The van der Waals surface area contributed by atoms with Crippen LogP contribution in [0.25, 0.3) is 0 Å². The van der Waals surface area contributed by atoms with E-state index in [-0.39, 0.29) is 41.8 Å². The molecule has 3 rings (SSSR count). The number of nitrogens with one attached hydrogen (secondary N) is 1. The van der Waals surface area contributed by atoms with Gasteiger partial charge in [-0.25, -0.2) is 0 Å². The Morgan fingerprint density at radius 1 is 1.31 bits per heavy atom. The van der Waals surface area contributed by atoms with Crippen molar-refractivity contribution < 1.29 is 9.53 Å². The van der Waals surface area contributed by atoms with Gasteiger partial charge in [0.25, 0.3) is 0 Å². The molecule has 0 bridgehead atoms. The van der Waals surface area contributed by atoms with Crippen LogP contribution in [0.1, 0.15) is 25.3 Å². The Morgan fingerprint density at radius 3 is 2.58 bits per heavy atom. The van der Waals surface area contributed by atoms with Crippen LogP contribution in [0.5, 0.6) is 0 Å². The number of likely N-dealkylation sites (tertiary alicyclic amines) is 1. The maximum absolute atomic E-state index is 11.9. The molecule has 1 saturated heterocycles. The molecule has 1 saturated carbocycles. The van der Waals surface area contributed by atoms with Crippen molar-refractivity contribution in [3.8, 4) is 0 Å². The monoisotopic (exact) mass is 471 g/mol. The van der Waals surface area contributed by atoms with Gasteiger partial charge >= 0.3 is 5.97 Å². The van der Waals surface area contributed by atoms with Crippen LogP contribution >= 0.6 is 24.0 Å². The summed E-state index contributed by atoms with van der Waals surface area (Å²) in [5, 5.41) is 3.56. The van der Waals surface area contributed by atoms with E-state index in [0.717, 1.165) is 25.5 Å². The number of guanidine groups is 1. The molecule has 1 heterocycles. The number of esters is 1. The highest BCUT2D eigenvalue weighted by Gasteiger charge is 2.43. The van der Waals surface area contributed by atoms with E-state index in [2.05, 4.69) is 52.5 Å². The third kappa shape index (κ3) is 4.90. The summed E-state index contributed by atoms with van der Waals surface area (Å²) >= 11 is 0. The van der Waals surface area contributed by atoms with E-state index in [9.17, 15) is 4.79 Å². The number of halogens is 1. The second kappa shape index (κ2) is 9.06. The molecule has 1 aromatic rings. The Morgan fingerprint density at radius 2 is 2.00 bits per heavy atom. The van der Waals surface area contributed by atoms with E-state index in [1.54, 1.807) is 0 Å². The largest absolute Gasteiger partial charge is 0.469 e. The molecule has 1 aliphatic carbocycles. The molecule has 2 fully saturated rings. The first-order valence-corrected chi connectivity index (χ1v) is 9.14. The third-order valence-corrected chi connectivity index (χ3v) is 5.63. The molecular weight excluding hydrogens is 441 g/mol. The zero-order valence-corrected chi connectivity index (χ0v) is 18.2. The van der Waals surface area contributed by atoms with E-state index in [0.29, 0.717) is 12.0 Å². The predicted molar refractivity (Wildman–Crippen MR) is 115 cm³/mol. The summed E-state index contributed by atoms with van der Waals surface area (Å²) in [5.74, 6) is 0.999. The van der Waals surface area contributed by atoms with Gasteiger partial charge in [0.1, 0.15) is 0 Å². The highest BCUT2D eigenvalue weighted by atomic mass is 127. The number of benzene rings is 1. The molecule has 0 amide bonds. The molecule has 0 radical (unpaired) electrons. The smallest absolute Gasteiger partial charge is 0.310 e. The van der Waals surface area contributed by atoms with Crippen LogP contribution in [0.2, 0.25) is 0 Å². The molecule has 2 atom stereocenters. The molecule has 0 aromatic heterocycles. The second-order valence-corrected chi connectivity index (χ2v) is 7.58. The number of carbonyl (C=O) groups excluding carboxylic acids is 1. The second-order valence-electron chi connectivity index (χ2n) is 7.58. The van der Waals surface area contributed by atoms with Crippen LogP contribution in [0.4, 0.5) is 0 Å². The van der Waals surface area contributed by atoms with E-state index >= 15 is 0 Å². The Labute approximate surface area is 173 Å². The first kappa shape index (κ1) is 21.0. The molecule has 1 aliphatic heterocycles. The highest BCUT2D eigenvalue weighted by Crippen LogP contribution is 2.47. The fourth-order valence-corrected chi connectivity index (χ4v) is 3.82. The van der Waals surface area contributed by atoms with Gasteiger partial charge in [0.2, 0.25) is 0 Å². The highest BCUT2D eigenvalue weighted by molar-refractivity contribution is 14.0. The summed E-state index contributed by atoms with van der Waals surface area (Å²) in [6.45, 7) is 4.55. The topological polar surface area (TPSA) is 53.9 Å². The predicted octanol–water partition coefficient (Wildman–Crippen LogP) is 2.94. The SMILES string of the molecule is CN=C(NCC1(Cc2ccccc2)CC1)N1CC(C)C(C(=O)OC)C1.I. The number of hydrogen-bond donors (Lipinski definition) is 1. The summed E-state index contributed by atoms with van der Waals surface area (Å²) < 4.78 is 4.93. The van der Waals surface area contributed by atoms with Gasteiger partial charge in [-0.05, 0) is 36.2 Å². The Kier molecular flexibility index (Phi) is 7.32. The Hall–Kier alpha value is -1.31. The summed E-state index contributed by atoms with van der Waals surface area (Å²) in [5.41, 5.74) is 1.75. The van der Waals surface area contributed by atoms with Crippen LogP contribution < -0.4 is 5.32 Å². The van der Waals surface area contributed by atoms with Crippen molar-refractivity contribution in [3.63, 3.8) is 0 Å². The van der Waals surface area contributed by atoms with Crippen LogP contribution in [0, 0.1) is 17.3 Å². The van der Waals surface area contributed by atoms with Gasteiger partial charge in [0.15, 0.2) is 5.96 Å². The van der Waals surface area contributed by atoms with E-state index in [1.165, 1.54) is 25.5 Å². The minimum Gasteiger partial charge on any atom is -0.469 e. The zero-order chi connectivity index (χ0) is 17.9. The number of rotatable bonds is 5. The lowest BCUT2D eigenvalue weighted by Crippen LogP contribution is -2.43. The Bertz CT molecular complexity index is 631. The maximum atomic E-state index is 11.9. The molecule has 26 heavy (non-hydrogen) atoms. The first-order valence-electron chi connectivity index (χ1n) is 9.14. The van der Waals surface area contributed by atoms with Crippen molar-refractivity contribution in [2.24, 2.45) is 22.2 Å². The number of carbonyl (C=O) groups is 1. The first-order chi connectivity index (χ1) is 12.1. The number of nitrogens with zero attached hydrogens (tertiary/aromatic N) is 2. The quantitative estimate of drug-likeness (QED) is 0.311. The normalized spacial score (nSPS) is 24.0. The van der Waals surface area contributed by atoms with Gasteiger partial charge in [0.05, 0.1) is 13.0 Å². The number of hydrogen-bond acceptors (Lipinski definition) is 3. The number of ether oxygens (including phenoxy) is 1. The third-order valence-electron chi connectivity index (χ3n) is 5.63. The minimum atomic E-state index is -0.117. The van der Waals surface area contributed by atoms with Crippen molar-refractivity contribution in [3.05, 3.63) is 35.9 Å². The van der Waals surface area contributed by atoms with Crippen LogP contribution in [-0.2, 0) is 16.0 Å². The van der Waals surface area contributed by atoms with Crippen molar-refractivity contribution in [2.75, 3.05) is 33.8 Å². The molecule has 5 nitrogen and oxygen atoms in total. The van der Waals surface area contributed by atoms with Crippen molar-refractivity contribution >= 4 is 35.9 Å². The van der Waals surface area contributed by atoms with Gasteiger partial charge in [0, 0.05) is 26.7 Å². The van der Waals surface area contributed by atoms with Gasteiger partial charge < -0.3 is 15.0 Å². The minimum absolute atomic E-state index is 0. The summed E-state index contributed by atoms with van der Waals surface area (Å²) in [6, 6.07) is 10.7. The molecule has 2 aliphatic rings. The molecule has 144 valence electrons. The van der Waals surface area contributed by atoms with Gasteiger partial charge in [-0.3, -0.25) is 9.79 Å². The molecule has 1 aromatic carbocycles. The van der Waals surface area contributed by atoms with Crippen LogP contribution in [0.3, 0.4) is 0 Å². The van der Waals surface area contributed by atoms with Gasteiger partial charge in [-0.15, -0.1) is 24.0 Å². The average molecular weight is 471 g/mol. The van der Waals surface area contributed by atoms with Gasteiger partial charge in [-0.1, -0.05) is 37.3 Å². The summed E-state index contributed by atoms with van der Waals surface area (Å²) in [4.78, 5) is 18.5. The van der Waals surface area contributed by atoms with E-state index < -0.39 is 0 Å². The fourth-order valence-electron chi connectivity index (χ4n) is 3.82. The maximum Gasteiger partial charge on any atom is 0.310 e. The van der Waals surface area contributed by atoms with E-state index in [1.807, 2.05) is 7.05 Å². The van der Waals surface area contributed by atoms with Crippen molar-refractivity contribution in [2.45, 2.75) is 26.2 Å². The Balaban J connectivity index is 0.00000243. The lowest BCUT2D eigenvalue weighted by molar-refractivity contribution is -0.145. The van der Waals surface area contributed by atoms with Crippen LogP contribution in [0.15, 0.2) is 35.3 Å². The molecular formula is C20H30IN3O2. The molecule has 6 heteroatoms. The standard InChI is InChI=1S/C20H29N3O2.HI/c1-15-12-23(13-17(15)18(24)25-3)19(21-2)22-14-20(9-10-20)11-16-7-5-4-6-8-16;/h4-8,15,17H,9-14H2,1-3H3,(H,21,22);1H. The lowest BCUT2D eigenvalue weighted by atomic mass is 9.96. The fraction of sp³-hybridized carbons (Fsp3) is 0.600. The summed E-state index contributed by atoms with van der Waals surface area (Å²) in [6.07, 6.45) is 3.62. The summed E-state index contributed by atoms with van der Waals surface area (Å²) in [7, 11) is 3.28. The molecule has 0 spiro atoms. The van der Waals surface area contributed by atoms with Crippen LogP contribution in [-0.4, -0.2) is 50.6 Å². The van der Waals surface area contributed by atoms with E-state index in [4.69, 9.17) is 4.74 Å². The molecule has 1 N–H and O–H groups in total.